The Bertz CT molecular complexity index is 1220. The van der Waals surface area contributed by atoms with Crippen LogP contribution in [0.3, 0.4) is 0 Å². The SMILES string of the molecule is Cc1cc(C)c(OCc2csc(C(=O)Nc3ccn(Cc4ccc(F)cc4)n3)c2)c(C)c1. The molecule has 4 rings (SSSR count). The number of thiophene rings is 1. The van der Waals surface area contributed by atoms with Gasteiger partial charge in [-0.2, -0.15) is 5.10 Å². The standard InChI is InChI=1S/C25H24FN3O2S/c1-16-10-17(2)24(18(3)11-16)31-14-20-12-22(32-15-20)25(30)27-23-8-9-29(28-23)13-19-4-6-21(26)7-5-19/h4-12,15H,13-14H2,1-3H3,(H,27,28,30). The van der Waals surface area contributed by atoms with Crippen LogP contribution in [-0.4, -0.2) is 15.7 Å². The maximum Gasteiger partial charge on any atom is 0.266 e. The normalized spacial score (nSPS) is 10.9. The third-order valence-corrected chi connectivity index (χ3v) is 5.98. The van der Waals surface area contributed by atoms with E-state index in [2.05, 4.69) is 29.5 Å². The second-order valence-corrected chi connectivity index (χ2v) is 8.73. The molecule has 0 saturated carbocycles. The second-order valence-electron chi connectivity index (χ2n) is 7.81. The molecule has 164 valence electrons. The summed E-state index contributed by atoms with van der Waals surface area (Å²) in [7, 11) is 0. The first-order chi connectivity index (χ1) is 15.4. The third kappa shape index (κ3) is 5.23. The second kappa shape index (κ2) is 9.36. The highest BCUT2D eigenvalue weighted by Gasteiger charge is 2.13. The van der Waals surface area contributed by atoms with Gasteiger partial charge in [0.1, 0.15) is 18.2 Å². The summed E-state index contributed by atoms with van der Waals surface area (Å²) < 4.78 is 20.8. The molecule has 0 aliphatic carbocycles. The first kappa shape index (κ1) is 21.8. The molecule has 0 atom stereocenters. The number of nitrogens with zero attached hydrogens (tertiary/aromatic N) is 2. The van der Waals surface area contributed by atoms with Crippen molar-refractivity contribution in [2.45, 2.75) is 33.9 Å². The van der Waals surface area contributed by atoms with Gasteiger partial charge in [0.05, 0.1) is 11.4 Å². The van der Waals surface area contributed by atoms with Crippen LogP contribution in [0.5, 0.6) is 5.75 Å². The fraction of sp³-hybridized carbons (Fsp3) is 0.200. The molecule has 2 aromatic carbocycles. The lowest BCUT2D eigenvalue weighted by Gasteiger charge is -2.12. The van der Waals surface area contributed by atoms with E-state index in [4.69, 9.17) is 4.74 Å². The Balaban J connectivity index is 1.35. The van der Waals surface area contributed by atoms with Gasteiger partial charge < -0.3 is 10.1 Å². The van der Waals surface area contributed by atoms with Gasteiger partial charge in [0.25, 0.3) is 5.91 Å². The maximum atomic E-state index is 13.0. The van der Waals surface area contributed by atoms with Crippen LogP contribution in [0, 0.1) is 26.6 Å². The zero-order valence-electron chi connectivity index (χ0n) is 18.2. The average Bonchev–Trinajstić information content (AvgIpc) is 3.38. The van der Waals surface area contributed by atoms with Crippen molar-refractivity contribution in [1.29, 1.82) is 0 Å². The van der Waals surface area contributed by atoms with E-state index in [1.165, 1.54) is 29.0 Å². The van der Waals surface area contributed by atoms with Crippen molar-refractivity contribution >= 4 is 23.1 Å². The smallest absolute Gasteiger partial charge is 0.266 e. The molecule has 32 heavy (non-hydrogen) atoms. The Morgan fingerprint density at radius 2 is 1.78 bits per heavy atom. The zero-order valence-corrected chi connectivity index (χ0v) is 19.0. The Hall–Kier alpha value is -3.45. The summed E-state index contributed by atoms with van der Waals surface area (Å²) in [4.78, 5) is 13.2. The largest absolute Gasteiger partial charge is 0.488 e. The molecule has 2 aromatic heterocycles. The summed E-state index contributed by atoms with van der Waals surface area (Å²) in [5.41, 5.74) is 5.29. The molecule has 0 aliphatic rings. The van der Waals surface area contributed by atoms with Crippen LogP contribution in [0.4, 0.5) is 10.2 Å². The molecule has 1 N–H and O–H groups in total. The van der Waals surface area contributed by atoms with Gasteiger partial charge in [0, 0.05) is 17.8 Å². The summed E-state index contributed by atoms with van der Waals surface area (Å²) in [5, 5.41) is 9.13. The van der Waals surface area contributed by atoms with E-state index in [0.717, 1.165) is 28.0 Å². The molecule has 0 spiro atoms. The highest BCUT2D eigenvalue weighted by Crippen LogP contribution is 2.26. The molecule has 2 heterocycles. The third-order valence-electron chi connectivity index (χ3n) is 5.01. The van der Waals surface area contributed by atoms with Gasteiger partial charge >= 0.3 is 0 Å². The highest BCUT2D eigenvalue weighted by atomic mass is 32.1. The number of anilines is 1. The van der Waals surface area contributed by atoms with Gasteiger partial charge in [-0.25, -0.2) is 4.39 Å². The van der Waals surface area contributed by atoms with Crippen LogP contribution < -0.4 is 10.1 Å². The van der Waals surface area contributed by atoms with E-state index in [0.29, 0.717) is 23.8 Å². The molecule has 5 nitrogen and oxygen atoms in total. The zero-order chi connectivity index (χ0) is 22.7. The lowest BCUT2D eigenvalue weighted by Crippen LogP contribution is -2.11. The van der Waals surface area contributed by atoms with Gasteiger partial charge in [-0.05, 0) is 61.0 Å². The monoisotopic (exact) mass is 449 g/mol. The molecular formula is C25H24FN3O2S. The molecule has 4 aromatic rings. The summed E-state index contributed by atoms with van der Waals surface area (Å²) >= 11 is 1.37. The molecule has 0 aliphatic heterocycles. The number of carbonyl (C=O) groups excluding carboxylic acids is 1. The van der Waals surface area contributed by atoms with E-state index in [-0.39, 0.29) is 11.7 Å². The summed E-state index contributed by atoms with van der Waals surface area (Å²) in [6.07, 6.45) is 1.78. The van der Waals surface area contributed by atoms with Crippen LogP contribution in [0.25, 0.3) is 0 Å². The fourth-order valence-corrected chi connectivity index (χ4v) is 4.38. The van der Waals surface area contributed by atoms with Gasteiger partial charge in [-0.3, -0.25) is 9.48 Å². The van der Waals surface area contributed by atoms with Crippen molar-refractivity contribution in [2.24, 2.45) is 0 Å². The number of aryl methyl sites for hydroxylation is 3. The van der Waals surface area contributed by atoms with Gasteiger partial charge in [0.2, 0.25) is 0 Å². The molecule has 0 radical (unpaired) electrons. The van der Waals surface area contributed by atoms with Crippen LogP contribution in [0.2, 0.25) is 0 Å². The predicted octanol–water partition coefficient (Wildman–Crippen LogP) is 5.89. The Kier molecular flexibility index (Phi) is 6.37. The Morgan fingerprint density at radius 3 is 2.50 bits per heavy atom. The van der Waals surface area contributed by atoms with E-state index in [1.807, 2.05) is 25.3 Å². The van der Waals surface area contributed by atoms with Gasteiger partial charge in [-0.15, -0.1) is 11.3 Å². The predicted molar refractivity (Wildman–Crippen MR) is 125 cm³/mol. The number of rotatable bonds is 7. The minimum atomic E-state index is -0.271. The summed E-state index contributed by atoms with van der Waals surface area (Å²) in [5.74, 6) is 0.872. The Morgan fingerprint density at radius 1 is 1.06 bits per heavy atom. The van der Waals surface area contributed by atoms with Crippen LogP contribution >= 0.6 is 11.3 Å². The number of halogens is 1. The van der Waals surface area contributed by atoms with Crippen LogP contribution in [-0.2, 0) is 13.2 Å². The summed E-state index contributed by atoms with van der Waals surface area (Å²) in [6.45, 7) is 7.04. The van der Waals surface area contributed by atoms with Crippen molar-refractivity contribution in [1.82, 2.24) is 9.78 Å². The molecular weight excluding hydrogens is 425 g/mol. The van der Waals surface area contributed by atoms with Crippen molar-refractivity contribution in [2.75, 3.05) is 5.32 Å². The number of amides is 1. The maximum absolute atomic E-state index is 13.0. The van der Waals surface area contributed by atoms with Gasteiger partial charge in [0.15, 0.2) is 5.82 Å². The number of hydrogen-bond donors (Lipinski definition) is 1. The van der Waals surface area contributed by atoms with E-state index >= 15 is 0 Å². The van der Waals surface area contributed by atoms with Crippen LogP contribution in [0.1, 0.15) is 37.5 Å². The van der Waals surface area contributed by atoms with E-state index in [1.54, 1.807) is 29.1 Å². The topological polar surface area (TPSA) is 56.1 Å². The number of ether oxygens (including phenoxy) is 1. The van der Waals surface area contributed by atoms with E-state index in [9.17, 15) is 9.18 Å². The summed E-state index contributed by atoms with van der Waals surface area (Å²) in [6, 6.07) is 14.0. The first-order valence-electron chi connectivity index (χ1n) is 10.2. The van der Waals surface area contributed by atoms with Crippen LogP contribution in [0.15, 0.2) is 60.1 Å². The number of benzene rings is 2. The van der Waals surface area contributed by atoms with Crippen molar-refractivity contribution in [3.63, 3.8) is 0 Å². The van der Waals surface area contributed by atoms with Crippen molar-refractivity contribution < 1.29 is 13.9 Å². The van der Waals surface area contributed by atoms with Gasteiger partial charge in [-0.1, -0.05) is 29.8 Å². The molecule has 7 heteroatoms. The highest BCUT2D eigenvalue weighted by molar-refractivity contribution is 7.12. The van der Waals surface area contributed by atoms with Crippen molar-refractivity contribution in [3.8, 4) is 5.75 Å². The molecule has 0 unspecified atom stereocenters. The average molecular weight is 450 g/mol. The minimum absolute atomic E-state index is 0.212. The van der Waals surface area contributed by atoms with Crippen molar-refractivity contribution in [3.05, 3.63) is 98.6 Å². The first-order valence-corrected chi connectivity index (χ1v) is 11.1. The lowest BCUT2D eigenvalue weighted by atomic mass is 10.1. The lowest BCUT2D eigenvalue weighted by molar-refractivity contribution is 0.103. The molecule has 0 saturated heterocycles. The Labute approximate surface area is 190 Å². The molecule has 1 amide bonds. The minimum Gasteiger partial charge on any atom is -0.488 e. The number of hydrogen-bond acceptors (Lipinski definition) is 4. The number of nitrogens with one attached hydrogen (secondary N) is 1. The number of carbonyl (C=O) groups is 1. The number of aromatic nitrogens is 2. The molecule has 0 bridgehead atoms. The quantitative estimate of drug-likeness (QED) is 0.383. The fourth-order valence-electron chi connectivity index (χ4n) is 3.59. The molecule has 0 fully saturated rings. The van der Waals surface area contributed by atoms with E-state index < -0.39 is 0 Å².